The van der Waals surface area contributed by atoms with E-state index in [1.165, 1.54) is 35.8 Å². The number of benzene rings is 2. The number of phenolic OH excluding ortho intramolecular Hbond substituents is 1. The van der Waals surface area contributed by atoms with Gasteiger partial charge in [0, 0.05) is 5.30 Å². The van der Waals surface area contributed by atoms with Crippen molar-refractivity contribution in [2.45, 2.75) is 39.8 Å². The summed E-state index contributed by atoms with van der Waals surface area (Å²) >= 11 is 1.47. The Bertz CT molecular complexity index is 690. The van der Waals surface area contributed by atoms with Gasteiger partial charge in [-0.3, -0.25) is 0 Å². The van der Waals surface area contributed by atoms with Crippen molar-refractivity contribution in [2.24, 2.45) is 0 Å². The molecule has 0 radical (unpaired) electrons. The van der Waals surface area contributed by atoms with Crippen LogP contribution in [-0.2, 0) is 25.9 Å². The second kappa shape index (κ2) is 10.6. The van der Waals surface area contributed by atoms with E-state index in [2.05, 4.69) is 55.2 Å². The number of nitrogens with zero attached hydrogens (tertiary/aromatic N) is 1. The first-order valence-electron chi connectivity index (χ1n) is 7.91. The third kappa shape index (κ3) is 6.92. The van der Waals surface area contributed by atoms with Gasteiger partial charge in [-0.2, -0.15) is 0 Å². The maximum absolute atomic E-state index is 10.3. The maximum atomic E-state index is 10.3. The molecule has 0 aromatic heterocycles. The number of hydrogen-bond donors (Lipinski definition) is 1. The molecular formula is C19H25ClNO2PTi. The van der Waals surface area contributed by atoms with E-state index in [9.17, 15) is 5.11 Å². The molecule has 2 aromatic carbocycles. The minimum absolute atomic E-state index is 0.0533. The van der Waals surface area contributed by atoms with Crippen LogP contribution in [0.1, 0.15) is 31.9 Å². The third-order valence-corrected chi connectivity index (χ3v) is 5.20. The van der Waals surface area contributed by atoms with E-state index in [1.54, 1.807) is 13.2 Å². The van der Waals surface area contributed by atoms with Gasteiger partial charge in [0.05, 0.1) is 7.11 Å². The zero-order chi connectivity index (χ0) is 19.0. The van der Waals surface area contributed by atoms with Crippen LogP contribution in [0.25, 0.3) is 5.32 Å². The molecule has 0 aliphatic heterocycles. The van der Waals surface area contributed by atoms with Gasteiger partial charge in [0.2, 0.25) is 0 Å². The van der Waals surface area contributed by atoms with Crippen molar-refractivity contribution in [3.05, 3.63) is 52.8 Å². The van der Waals surface area contributed by atoms with Gasteiger partial charge in [0.1, 0.15) is 0 Å². The van der Waals surface area contributed by atoms with E-state index in [4.69, 9.17) is 10.1 Å². The molecule has 0 saturated carbocycles. The van der Waals surface area contributed by atoms with E-state index in [0.717, 1.165) is 5.30 Å². The SMILES string of the molecule is COc1cccc(Pc2c(C)cccc2C[N-]C(C)(C)C)c1O.[Cl][Ti+]. The quantitative estimate of drug-likeness (QED) is 0.570. The normalized spacial score (nSPS) is 11.2. The number of halogens is 1. The molecule has 2 aromatic rings. The van der Waals surface area contributed by atoms with Gasteiger partial charge < -0.3 is 15.2 Å². The number of aromatic hydroxyl groups is 1. The van der Waals surface area contributed by atoms with Gasteiger partial charge in [-0.1, -0.05) is 65.2 Å². The summed E-state index contributed by atoms with van der Waals surface area (Å²) in [6.07, 6.45) is 0. The van der Waals surface area contributed by atoms with Crippen molar-refractivity contribution in [3.63, 3.8) is 0 Å². The van der Waals surface area contributed by atoms with Gasteiger partial charge in [-0.05, 0) is 23.9 Å². The predicted molar refractivity (Wildman–Crippen MR) is 106 cm³/mol. The average Bonchev–Trinajstić information content (AvgIpc) is 2.58. The topological polar surface area (TPSA) is 43.6 Å². The van der Waals surface area contributed by atoms with Crippen LogP contribution in [0.4, 0.5) is 0 Å². The average molecular weight is 414 g/mol. The zero-order valence-corrected chi connectivity index (χ0v) is 18.7. The van der Waals surface area contributed by atoms with Crippen molar-refractivity contribution in [2.75, 3.05) is 7.11 Å². The van der Waals surface area contributed by atoms with Gasteiger partial charge in [-0.15, -0.1) is 12.1 Å². The first-order chi connectivity index (χ1) is 11.8. The van der Waals surface area contributed by atoms with Crippen LogP contribution in [0.3, 0.4) is 0 Å². The molecule has 0 aliphatic carbocycles. The Morgan fingerprint density at radius 3 is 2.40 bits per heavy atom. The van der Waals surface area contributed by atoms with E-state index >= 15 is 0 Å². The molecule has 134 valence electrons. The molecule has 1 N–H and O–H groups in total. The first-order valence-corrected chi connectivity index (χ1v) is 11.1. The monoisotopic (exact) mass is 413 g/mol. The molecule has 0 heterocycles. The van der Waals surface area contributed by atoms with E-state index in [1.807, 2.05) is 12.1 Å². The number of phenols is 1. The molecular weight excluding hydrogens is 389 g/mol. The van der Waals surface area contributed by atoms with Crippen LogP contribution in [0.2, 0.25) is 0 Å². The predicted octanol–water partition coefficient (Wildman–Crippen LogP) is 4.70. The Morgan fingerprint density at radius 1 is 1.16 bits per heavy atom. The van der Waals surface area contributed by atoms with Crippen LogP contribution >= 0.6 is 17.9 Å². The number of para-hydroxylation sites is 1. The number of hydrogen-bond acceptors (Lipinski definition) is 2. The van der Waals surface area contributed by atoms with Crippen LogP contribution in [0.15, 0.2) is 36.4 Å². The summed E-state index contributed by atoms with van der Waals surface area (Å²) in [5.41, 5.74) is 2.40. The molecule has 0 spiro atoms. The van der Waals surface area contributed by atoms with Gasteiger partial charge in [-0.25, -0.2) is 0 Å². The summed E-state index contributed by atoms with van der Waals surface area (Å²) in [4.78, 5) is 0. The Balaban J connectivity index is 0.00000151. The van der Waals surface area contributed by atoms with Crippen molar-refractivity contribution in [1.29, 1.82) is 0 Å². The van der Waals surface area contributed by atoms with Crippen molar-refractivity contribution in [3.8, 4) is 11.5 Å². The van der Waals surface area contributed by atoms with Crippen LogP contribution < -0.4 is 15.3 Å². The second-order valence-corrected chi connectivity index (χ2v) is 7.87. The molecule has 0 fully saturated rings. The summed E-state index contributed by atoms with van der Waals surface area (Å²) in [5, 5.41) is 17.2. The molecule has 0 bridgehead atoms. The first kappa shape index (κ1) is 22.5. The number of methoxy groups -OCH3 is 1. The molecule has 3 nitrogen and oxygen atoms in total. The third-order valence-electron chi connectivity index (χ3n) is 3.56. The van der Waals surface area contributed by atoms with Gasteiger partial charge >= 0.3 is 28.7 Å². The molecule has 25 heavy (non-hydrogen) atoms. The fourth-order valence-corrected chi connectivity index (χ4v) is 3.58. The molecule has 0 aliphatic rings. The van der Waals surface area contributed by atoms with Crippen LogP contribution in [0.5, 0.6) is 11.5 Å². The standard InChI is InChI=1S/C19H25NO2P.ClH.Ti/c1-13-8-6-9-14(12-20-19(2,3)4)18(13)23-16-11-7-10-15(22-5)17(16)21;;/h6-11,21,23H,12H2,1-5H3;1H;/q-1;;+2/p-1. The molecule has 0 saturated heterocycles. The van der Waals surface area contributed by atoms with Crippen molar-refractivity contribution < 1.29 is 29.2 Å². The Kier molecular flexibility index (Phi) is 9.49. The van der Waals surface area contributed by atoms with E-state index in [-0.39, 0.29) is 11.3 Å². The second-order valence-electron chi connectivity index (χ2n) is 6.58. The van der Waals surface area contributed by atoms with E-state index in [0.29, 0.717) is 20.9 Å². The van der Waals surface area contributed by atoms with E-state index < -0.39 is 0 Å². The zero-order valence-electron chi connectivity index (χ0n) is 15.4. The van der Waals surface area contributed by atoms with Crippen molar-refractivity contribution in [1.82, 2.24) is 0 Å². The Hall–Kier alpha value is -0.566. The number of ether oxygens (including phenoxy) is 1. The molecule has 2 rings (SSSR count). The fourth-order valence-electron chi connectivity index (χ4n) is 2.28. The Labute approximate surface area is 168 Å². The summed E-state index contributed by atoms with van der Waals surface area (Å²) < 4.78 is 5.21. The summed E-state index contributed by atoms with van der Waals surface area (Å²) in [7, 11) is 6.59. The molecule has 1 atom stereocenters. The molecule has 1 unspecified atom stereocenters. The van der Waals surface area contributed by atoms with Crippen molar-refractivity contribution >= 4 is 28.5 Å². The Morgan fingerprint density at radius 2 is 1.80 bits per heavy atom. The van der Waals surface area contributed by atoms with Gasteiger partial charge in [0.25, 0.3) is 0 Å². The minimum atomic E-state index is -0.0533. The summed E-state index contributed by atoms with van der Waals surface area (Å²) in [6, 6.07) is 12.0. The summed E-state index contributed by atoms with van der Waals surface area (Å²) in [5.74, 6) is 0.750. The number of rotatable bonds is 5. The van der Waals surface area contributed by atoms with Gasteiger partial charge in [0.15, 0.2) is 11.5 Å². The summed E-state index contributed by atoms with van der Waals surface area (Å²) in [6.45, 7) is 9.13. The molecule has 0 amide bonds. The van der Waals surface area contributed by atoms with Crippen LogP contribution in [-0.4, -0.2) is 17.8 Å². The van der Waals surface area contributed by atoms with Crippen LogP contribution in [0, 0.1) is 6.92 Å². The number of aryl methyl sites for hydroxylation is 1. The molecule has 6 heteroatoms. The fraction of sp³-hybridized carbons (Fsp3) is 0.368.